The number of halogens is 1. The second-order valence-electron chi connectivity index (χ2n) is 5.97. The third kappa shape index (κ3) is 3.65. The molecule has 140 valence electrons. The molecule has 1 heterocycles. The van der Waals surface area contributed by atoms with Crippen LogP contribution in [0.5, 0.6) is 5.88 Å². The Labute approximate surface area is 161 Å². The van der Waals surface area contributed by atoms with Crippen LogP contribution in [-0.4, -0.2) is 18.2 Å². The Hall–Kier alpha value is -3.45. The molecule has 0 atom stereocenters. The number of hydrogen-bond donors (Lipinski definition) is 0. The molecule has 0 saturated heterocycles. The quantitative estimate of drug-likeness (QED) is 0.469. The van der Waals surface area contributed by atoms with Crippen molar-refractivity contribution in [3.05, 3.63) is 96.8 Å². The number of benzene rings is 3. The minimum absolute atomic E-state index is 0.0365. The number of para-hydroxylation sites is 1. The van der Waals surface area contributed by atoms with Crippen molar-refractivity contribution in [3.8, 4) is 22.8 Å². The molecule has 5 nitrogen and oxygen atoms in total. The summed E-state index contributed by atoms with van der Waals surface area (Å²) in [6.45, 7) is 0. The van der Waals surface area contributed by atoms with Crippen LogP contribution in [0.25, 0.3) is 16.9 Å². The molecule has 0 unspecified atom stereocenters. The minimum atomic E-state index is -4.16. The van der Waals surface area contributed by atoms with E-state index in [2.05, 4.69) is 5.10 Å². The molecule has 0 saturated carbocycles. The standard InChI is InChI=1S/C21H15FN2O3S/c22-17-11-13-19(14-12-17)28(25,26)27-21-15-20(16-7-3-1-4-8-16)23-24(21)18-9-5-2-6-10-18/h1-15H. The van der Waals surface area contributed by atoms with Gasteiger partial charge in [0.1, 0.15) is 10.7 Å². The van der Waals surface area contributed by atoms with Crippen molar-refractivity contribution in [2.75, 3.05) is 0 Å². The van der Waals surface area contributed by atoms with Gasteiger partial charge in [0.15, 0.2) is 0 Å². The van der Waals surface area contributed by atoms with Crippen molar-refractivity contribution >= 4 is 10.1 Å². The molecule has 0 aliphatic rings. The third-order valence-corrected chi connectivity index (χ3v) is 5.28. The van der Waals surface area contributed by atoms with E-state index in [-0.39, 0.29) is 10.8 Å². The van der Waals surface area contributed by atoms with E-state index >= 15 is 0 Å². The normalized spacial score (nSPS) is 11.3. The third-order valence-electron chi connectivity index (χ3n) is 4.04. The Balaban J connectivity index is 1.79. The van der Waals surface area contributed by atoms with E-state index in [0.717, 1.165) is 29.8 Å². The molecule has 0 aliphatic carbocycles. The maximum absolute atomic E-state index is 13.1. The van der Waals surface area contributed by atoms with Crippen LogP contribution in [0.1, 0.15) is 0 Å². The van der Waals surface area contributed by atoms with E-state index < -0.39 is 15.9 Å². The molecule has 7 heteroatoms. The highest BCUT2D eigenvalue weighted by molar-refractivity contribution is 7.87. The van der Waals surface area contributed by atoms with Crippen molar-refractivity contribution in [1.29, 1.82) is 0 Å². The summed E-state index contributed by atoms with van der Waals surface area (Å²) in [6.07, 6.45) is 0. The highest BCUT2D eigenvalue weighted by Crippen LogP contribution is 2.28. The molecule has 0 aliphatic heterocycles. The van der Waals surface area contributed by atoms with Gasteiger partial charge < -0.3 is 4.18 Å². The summed E-state index contributed by atoms with van der Waals surface area (Å²) in [5.74, 6) is -0.492. The number of hydrogen-bond acceptors (Lipinski definition) is 4. The van der Waals surface area contributed by atoms with Gasteiger partial charge in [-0.15, -0.1) is 0 Å². The summed E-state index contributed by atoms with van der Waals surface area (Å²) < 4.78 is 45.2. The van der Waals surface area contributed by atoms with Crippen molar-refractivity contribution in [2.24, 2.45) is 0 Å². The van der Waals surface area contributed by atoms with Crippen molar-refractivity contribution in [1.82, 2.24) is 9.78 Å². The average molecular weight is 394 g/mol. The first-order chi connectivity index (χ1) is 13.5. The van der Waals surface area contributed by atoms with Crippen LogP contribution in [0.2, 0.25) is 0 Å². The van der Waals surface area contributed by atoms with Crippen molar-refractivity contribution < 1.29 is 17.0 Å². The van der Waals surface area contributed by atoms with E-state index in [1.165, 1.54) is 4.68 Å². The Morgan fingerprint density at radius 2 is 1.43 bits per heavy atom. The van der Waals surface area contributed by atoms with E-state index in [0.29, 0.717) is 11.4 Å². The summed E-state index contributed by atoms with van der Waals surface area (Å²) in [7, 11) is -4.16. The lowest BCUT2D eigenvalue weighted by molar-refractivity contribution is 0.465. The Morgan fingerprint density at radius 1 is 0.821 bits per heavy atom. The topological polar surface area (TPSA) is 61.2 Å². The molecule has 4 aromatic rings. The first kappa shape index (κ1) is 17.9. The number of aromatic nitrogens is 2. The van der Waals surface area contributed by atoms with Crippen molar-refractivity contribution in [3.63, 3.8) is 0 Å². The fourth-order valence-electron chi connectivity index (χ4n) is 2.69. The summed E-state index contributed by atoms with van der Waals surface area (Å²) >= 11 is 0. The lowest BCUT2D eigenvalue weighted by atomic mass is 10.2. The molecule has 0 radical (unpaired) electrons. The van der Waals surface area contributed by atoms with E-state index in [4.69, 9.17) is 4.18 Å². The van der Waals surface area contributed by atoms with Crippen LogP contribution in [-0.2, 0) is 10.1 Å². The lowest BCUT2D eigenvalue weighted by Crippen LogP contribution is -2.12. The molecule has 1 aromatic heterocycles. The minimum Gasteiger partial charge on any atom is -0.358 e. The Bertz CT molecular complexity index is 1190. The molecule has 0 amide bonds. The van der Waals surface area contributed by atoms with Gasteiger partial charge in [-0.1, -0.05) is 48.5 Å². The van der Waals surface area contributed by atoms with Crippen LogP contribution >= 0.6 is 0 Å². The van der Waals surface area contributed by atoms with E-state index in [9.17, 15) is 12.8 Å². The largest absolute Gasteiger partial charge is 0.358 e. The Morgan fingerprint density at radius 3 is 2.07 bits per heavy atom. The second-order valence-corrected chi connectivity index (χ2v) is 7.52. The molecule has 3 aromatic carbocycles. The van der Waals surface area contributed by atoms with E-state index in [1.807, 2.05) is 48.5 Å². The molecular weight excluding hydrogens is 379 g/mol. The molecule has 0 fully saturated rings. The van der Waals surface area contributed by atoms with Gasteiger partial charge in [-0.2, -0.15) is 18.2 Å². The first-order valence-electron chi connectivity index (χ1n) is 8.44. The molecule has 0 bridgehead atoms. The predicted octanol–water partition coefficient (Wildman–Crippen LogP) is 4.45. The van der Waals surface area contributed by atoms with Gasteiger partial charge in [0.2, 0.25) is 5.88 Å². The smallest absolute Gasteiger partial charge is 0.340 e. The summed E-state index contributed by atoms with van der Waals surface area (Å²) in [6, 6.07) is 24.4. The SMILES string of the molecule is O=S(=O)(Oc1cc(-c2ccccc2)nn1-c1ccccc1)c1ccc(F)cc1. The maximum atomic E-state index is 13.1. The number of rotatable bonds is 5. The van der Waals surface area contributed by atoms with Gasteiger partial charge in [0.25, 0.3) is 0 Å². The van der Waals surface area contributed by atoms with Gasteiger partial charge in [-0.05, 0) is 36.4 Å². The molecule has 4 rings (SSSR count). The summed E-state index contributed by atoms with van der Waals surface area (Å²) in [4.78, 5) is -0.143. The summed E-state index contributed by atoms with van der Waals surface area (Å²) in [5, 5.41) is 4.51. The van der Waals surface area contributed by atoms with Crippen LogP contribution < -0.4 is 4.18 Å². The van der Waals surface area contributed by atoms with Crippen LogP contribution in [0.3, 0.4) is 0 Å². The fourth-order valence-corrected chi connectivity index (χ4v) is 3.60. The second kappa shape index (κ2) is 7.28. The first-order valence-corrected chi connectivity index (χ1v) is 9.85. The zero-order valence-corrected chi connectivity index (χ0v) is 15.4. The van der Waals surface area contributed by atoms with E-state index in [1.54, 1.807) is 18.2 Å². The highest BCUT2D eigenvalue weighted by atomic mass is 32.2. The van der Waals surface area contributed by atoms with Gasteiger partial charge in [0, 0.05) is 11.6 Å². The Kier molecular flexibility index (Phi) is 4.67. The predicted molar refractivity (Wildman–Crippen MR) is 103 cm³/mol. The fraction of sp³-hybridized carbons (Fsp3) is 0. The average Bonchev–Trinajstić information content (AvgIpc) is 3.13. The van der Waals surface area contributed by atoms with Gasteiger partial charge >= 0.3 is 10.1 Å². The molecule has 0 spiro atoms. The van der Waals surface area contributed by atoms with Crippen LogP contribution in [0.15, 0.2) is 95.9 Å². The molecule has 0 N–H and O–H groups in total. The molecular formula is C21H15FN2O3S. The van der Waals surface area contributed by atoms with Crippen LogP contribution in [0.4, 0.5) is 4.39 Å². The van der Waals surface area contributed by atoms with Gasteiger partial charge in [0.05, 0.1) is 11.4 Å². The monoisotopic (exact) mass is 394 g/mol. The number of nitrogens with zero attached hydrogens (tertiary/aromatic N) is 2. The maximum Gasteiger partial charge on any atom is 0.340 e. The molecule has 28 heavy (non-hydrogen) atoms. The highest BCUT2D eigenvalue weighted by Gasteiger charge is 2.21. The van der Waals surface area contributed by atoms with Gasteiger partial charge in [-0.25, -0.2) is 4.39 Å². The van der Waals surface area contributed by atoms with Crippen LogP contribution in [0, 0.1) is 5.82 Å². The van der Waals surface area contributed by atoms with Crippen molar-refractivity contribution in [2.45, 2.75) is 4.90 Å². The van der Waals surface area contributed by atoms with Gasteiger partial charge in [-0.3, -0.25) is 0 Å². The zero-order valence-electron chi connectivity index (χ0n) is 14.6. The zero-order chi connectivity index (χ0) is 19.6. The summed E-state index contributed by atoms with van der Waals surface area (Å²) in [5.41, 5.74) is 2.03. The lowest BCUT2D eigenvalue weighted by Gasteiger charge is -2.09.